The first-order chi connectivity index (χ1) is 10.2. The molecule has 2 N–H and O–H groups in total. The summed E-state index contributed by atoms with van der Waals surface area (Å²) in [4.78, 5) is 5.19. The van der Waals surface area contributed by atoms with Gasteiger partial charge in [-0.05, 0) is 63.0 Å². The zero-order valence-electron chi connectivity index (χ0n) is 12.7. The lowest BCUT2D eigenvalue weighted by Gasteiger charge is -2.24. The Morgan fingerprint density at radius 3 is 2.57 bits per heavy atom. The van der Waals surface area contributed by atoms with Crippen LogP contribution in [-0.2, 0) is 0 Å². The van der Waals surface area contributed by atoms with Crippen LogP contribution in [-0.4, -0.2) is 48.6 Å². The van der Waals surface area contributed by atoms with Crippen molar-refractivity contribution in [3.8, 4) is 0 Å². The molecular weight excluding hydrogens is 265 g/mol. The van der Waals surface area contributed by atoms with E-state index in [0.29, 0.717) is 0 Å². The highest BCUT2D eigenvalue weighted by atomic mass is 19.1. The van der Waals surface area contributed by atoms with Crippen molar-refractivity contribution in [3.63, 3.8) is 0 Å². The lowest BCUT2D eigenvalue weighted by Crippen LogP contribution is -2.35. The van der Waals surface area contributed by atoms with Crippen molar-refractivity contribution in [1.82, 2.24) is 9.80 Å². The fourth-order valence-electron chi connectivity index (χ4n) is 3.62. The molecule has 0 aromatic heterocycles. The number of rotatable bonds is 5. The quantitative estimate of drug-likeness (QED) is 0.904. The fraction of sp³-hybridized carbons (Fsp3) is 0.647. The Labute approximate surface area is 126 Å². The molecule has 2 heterocycles. The summed E-state index contributed by atoms with van der Waals surface area (Å²) in [6.07, 6.45) is 4.97. The van der Waals surface area contributed by atoms with E-state index in [1.807, 2.05) is 0 Å². The van der Waals surface area contributed by atoms with Gasteiger partial charge >= 0.3 is 0 Å². The van der Waals surface area contributed by atoms with Crippen LogP contribution in [0.5, 0.6) is 0 Å². The van der Waals surface area contributed by atoms with Gasteiger partial charge in [-0.3, -0.25) is 4.90 Å². The molecule has 0 amide bonds. The topological polar surface area (TPSA) is 32.5 Å². The summed E-state index contributed by atoms with van der Waals surface area (Å²) in [5.74, 6) is -0.195. The van der Waals surface area contributed by atoms with E-state index >= 15 is 0 Å². The molecule has 21 heavy (non-hydrogen) atoms. The first-order valence-corrected chi connectivity index (χ1v) is 8.20. The molecular formula is C17H26FN3. The van der Waals surface area contributed by atoms with E-state index in [-0.39, 0.29) is 11.9 Å². The van der Waals surface area contributed by atoms with Crippen LogP contribution in [0.1, 0.15) is 37.3 Å². The maximum absolute atomic E-state index is 12.9. The van der Waals surface area contributed by atoms with Crippen molar-refractivity contribution in [3.05, 3.63) is 35.6 Å². The Kier molecular flexibility index (Phi) is 4.88. The van der Waals surface area contributed by atoms with Gasteiger partial charge in [-0.15, -0.1) is 0 Å². The maximum atomic E-state index is 12.9. The number of hydrogen-bond donors (Lipinski definition) is 1. The standard InChI is InChI=1S/C17H26FN3/c18-15-5-3-14(4-6-15)17(19)8-12-20-11-7-16(13-20)21-9-1-2-10-21/h3-6,16-17H,1-2,7-13,19H2. The Morgan fingerprint density at radius 2 is 1.86 bits per heavy atom. The van der Waals surface area contributed by atoms with Gasteiger partial charge in [0.15, 0.2) is 0 Å². The third kappa shape index (κ3) is 3.82. The Hall–Kier alpha value is -0.970. The van der Waals surface area contributed by atoms with Gasteiger partial charge in [0.1, 0.15) is 5.82 Å². The van der Waals surface area contributed by atoms with Gasteiger partial charge in [-0.1, -0.05) is 12.1 Å². The predicted octanol–water partition coefficient (Wildman–Crippen LogP) is 2.39. The van der Waals surface area contributed by atoms with Gasteiger partial charge in [-0.2, -0.15) is 0 Å². The Balaban J connectivity index is 1.44. The summed E-state index contributed by atoms with van der Waals surface area (Å²) in [6, 6.07) is 7.36. The van der Waals surface area contributed by atoms with Crippen LogP contribution >= 0.6 is 0 Å². The largest absolute Gasteiger partial charge is 0.324 e. The van der Waals surface area contributed by atoms with Crippen molar-refractivity contribution in [2.75, 3.05) is 32.7 Å². The molecule has 0 radical (unpaired) electrons. The van der Waals surface area contributed by atoms with Crippen LogP contribution in [0.4, 0.5) is 4.39 Å². The van der Waals surface area contributed by atoms with Crippen molar-refractivity contribution >= 4 is 0 Å². The van der Waals surface area contributed by atoms with Crippen LogP contribution in [0.25, 0.3) is 0 Å². The summed E-state index contributed by atoms with van der Waals surface area (Å²) >= 11 is 0. The first kappa shape index (κ1) is 14.9. The average molecular weight is 291 g/mol. The fourth-order valence-corrected chi connectivity index (χ4v) is 3.62. The van der Waals surface area contributed by atoms with E-state index in [0.717, 1.165) is 24.6 Å². The molecule has 3 rings (SSSR count). The first-order valence-electron chi connectivity index (χ1n) is 8.20. The van der Waals surface area contributed by atoms with Gasteiger partial charge in [0.05, 0.1) is 0 Å². The molecule has 1 aromatic rings. The molecule has 2 fully saturated rings. The van der Waals surface area contributed by atoms with Crippen molar-refractivity contribution in [2.24, 2.45) is 5.73 Å². The zero-order valence-corrected chi connectivity index (χ0v) is 12.7. The molecule has 3 nitrogen and oxygen atoms in total. The highest BCUT2D eigenvalue weighted by molar-refractivity contribution is 5.19. The molecule has 116 valence electrons. The van der Waals surface area contributed by atoms with E-state index in [9.17, 15) is 4.39 Å². The molecule has 2 unspecified atom stereocenters. The van der Waals surface area contributed by atoms with Crippen molar-refractivity contribution in [2.45, 2.75) is 37.8 Å². The number of nitrogens with two attached hydrogens (primary N) is 1. The minimum Gasteiger partial charge on any atom is -0.324 e. The normalized spacial score (nSPS) is 25.5. The van der Waals surface area contributed by atoms with Gasteiger partial charge in [0.2, 0.25) is 0 Å². The second kappa shape index (κ2) is 6.86. The summed E-state index contributed by atoms with van der Waals surface area (Å²) in [5.41, 5.74) is 7.25. The van der Waals surface area contributed by atoms with Crippen LogP contribution < -0.4 is 5.73 Å². The lowest BCUT2D eigenvalue weighted by molar-refractivity contribution is 0.230. The molecule has 2 aliphatic rings. The highest BCUT2D eigenvalue weighted by Crippen LogP contribution is 2.22. The lowest BCUT2D eigenvalue weighted by atomic mass is 10.0. The highest BCUT2D eigenvalue weighted by Gasteiger charge is 2.29. The molecule has 2 aliphatic heterocycles. The monoisotopic (exact) mass is 291 g/mol. The van der Waals surface area contributed by atoms with E-state index in [4.69, 9.17) is 5.73 Å². The second-order valence-corrected chi connectivity index (χ2v) is 6.43. The number of likely N-dealkylation sites (tertiary alicyclic amines) is 2. The summed E-state index contributed by atoms with van der Waals surface area (Å²) in [6.45, 7) is 6.00. The van der Waals surface area contributed by atoms with Crippen LogP contribution in [0.3, 0.4) is 0 Å². The molecule has 1 aromatic carbocycles. The molecule has 0 aliphatic carbocycles. The number of nitrogens with zero attached hydrogens (tertiary/aromatic N) is 2. The van der Waals surface area contributed by atoms with Crippen LogP contribution in [0, 0.1) is 5.82 Å². The smallest absolute Gasteiger partial charge is 0.123 e. The van der Waals surface area contributed by atoms with Crippen molar-refractivity contribution in [1.29, 1.82) is 0 Å². The predicted molar refractivity (Wildman–Crippen MR) is 83.6 cm³/mol. The minimum atomic E-state index is -0.195. The van der Waals surface area contributed by atoms with Crippen molar-refractivity contribution < 1.29 is 4.39 Å². The average Bonchev–Trinajstić information content (AvgIpc) is 3.16. The Bertz CT molecular complexity index is 442. The van der Waals surface area contributed by atoms with E-state index < -0.39 is 0 Å². The zero-order chi connectivity index (χ0) is 14.7. The van der Waals surface area contributed by atoms with Gasteiger partial charge in [-0.25, -0.2) is 4.39 Å². The van der Waals surface area contributed by atoms with E-state index in [2.05, 4.69) is 9.80 Å². The second-order valence-electron chi connectivity index (χ2n) is 6.43. The third-order valence-electron chi connectivity index (χ3n) is 4.96. The van der Waals surface area contributed by atoms with Gasteiger partial charge in [0, 0.05) is 25.2 Å². The number of hydrogen-bond acceptors (Lipinski definition) is 3. The molecule has 2 saturated heterocycles. The van der Waals surface area contributed by atoms with E-state index in [1.165, 1.54) is 57.6 Å². The van der Waals surface area contributed by atoms with Gasteiger partial charge < -0.3 is 10.6 Å². The number of benzene rings is 1. The summed E-state index contributed by atoms with van der Waals surface area (Å²) in [5, 5.41) is 0. The van der Waals surface area contributed by atoms with Gasteiger partial charge in [0.25, 0.3) is 0 Å². The molecule has 0 spiro atoms. The third-order valence-corrected chi connectivity index (χ3v) is 4.96. The SMILES string of the molecule is NC(CCN1CCC(N2CCCC2)C1)c1ccc(F)cc1. The molecule has 0 saturated carbocycles. The number of halogens is 1. The minimum absolute atomic E-state index is 0.0106. The summed E-state index contributed by atoms with van der Waals surface area (Å²) in [7, 11) is 0. The summed E-state index contributed by atoms with van der Waals surface area (Å²) < 4.78 is 12.9. The molecule has 4 heteroatoms. The maximum Gasteiger partial charge on any atom is 0.123 e. The molecule has 2 atom stereocenters. The molecule has 0 bridgehead atoms. The van der Waals surface area contributed by atoms with Crippen LogP contribution in [0.2, 0.25) is 0 Å². The van der Waals surface area contributed by atoms with Crippen LogP contribution in [0.15, 0.2) is 24.3 Å². The Morgan fingerprint density at radius 1 is 1.14 bits per heavy atom. The van der Waals surface area contributed by atoms with E-state index in [1.54, 1.807) is 12.1 Å².